The highest BCUT2D eigenvalue weighted by Gasteiger charge is 2.50. The lowest BCUT2D eigenvalue weighted by Crippen LogP contribution is -2.57. The van der Waals surface area contributed by atoms with Crippen LogP contribution in [0.5, 0.6) is 0 Å². The Kier molecular flexibility index (Phi) is 5.34. The fourth-order valence-electron chi connectivity index (χ4n) is 5.07. The molecule has 5 heteroatoms. The Bertz CT molecular complexity index is 681. The average molecular weight is 380 g/mol. The van der Waals surface area contributed by atoms with Gasteiger partial charge in [0.1, 0.15) is 0 Å². The van der Waals surface area contributed by atoms with Gasteiger partial charge >= 0.3 is 0 Å². The van der Waals surface area contributed by atoms with Gasteiger partial charge in [-0.3, -0.25) is 0 Å². The Hall–Kier alpha value is -1.33. The van der Waals surface area contributed by atoms with E-state index in [-0.39, 0.29) is 12.2 Å². The molecule has 1 aliphatic heterocycles. The number of allylic oxidation sites excluding steroid dienone is 1. The van der Waals surface area contributed by atoms with E-state index in [0.717, 1.165) is 63.5 Å². The van der Waals surface area contributed by atoms with Crippen molar-refractivity contribution in [3.63, 3.8) is 0 Å². The maximum atomic E-state index is 13.5. The van der Waals surface area contributed by atoms with Crippen LogP contribution < -0.4 is 0 Å². The number of hydrogen-bond donors (Lipinski definition) is 0. The van der Waals surface area contributed by atoms with Crippen molar-refractivity contribution in [3.05, 3.63) is 47.3 Å². The van der Waals surface area contributed by atoms with E-state index in [9.17, 15) is 13.2 Å². The summed E-state index contributed by atoms with van der Waals surface area (Å²) in [4.78, 5) is 0. The molecule has 0 aromatic heterocycles. The monoisotopic (exact) mass is 380 g/mol. The molecule has 2 aliphatic carbocycles. The van der Waals surface area contributed by atoms with Crippen LogP contribution in [0.4, 0.5) is 13.2 Å². The van der Waals surface area contributed by atoms with E-state index in [2.05, 4.69) is 12.2 Å². The molecule has 1 heterocycles. The first-order chi connectivity index (χ1) is 13.0. The molecule has 1 aromatic rings. The van der Waals surface area contributed by atoms with Gasteiger partial charge in [-0.1, -0.05) is 12.2 Å². The summed E-state index contributed by atoms with van der Waals surface area (Å²) in [7, 11) is 0. The van der Waals surface area contributed by atoms with Crippen LogP contribution in [-0.4, -0.2) is 12.1 Å². The number of halogens is 3. The molecular weight excluding hydrogens is 353 g/mol. The largest absolute Gasteiger partial charge is 0.321 e. The molecule has 1 saturated heterocycles. The van der Waals surface area contributed by atoms with Crippen LogP contribution in [0.1, 0.15) is 69.8 Å². The highest BCUT2D eigenvalue weighted by atomic mass is 19.2. The minimum absolute atomic E-state index is 0.106. The molecule has 4 rings (SSSR count). The summed E-state index contributed by atoms with van der Waals surface area (Å²) >= 11 is 0. The molecule has 1 saturated carbocycles. The molecule has 0 N–H and O–H groups in total. The fourth-order valence-corrected chi connectivity index (χ4v) is 5.07. The van der Waals surface area contributed by atoms with Crippen molar-refractivity contribution in [3.8, 4) is 0 Å². The van der Waals surface area contributed by atoms with Crippen molar-refractivity contribution in [1.82, 2.24) is 0 Å². The Morgan fingerprint density at radius 3 is 2.30 bits per heavy atom. The summed E-state index contributed by atoms with van der Waals surface area (Å²) in [6.45, 7) is 1.93. The summed E-state index contributed by atoms with van der Waals surface area (Å²) in [5, 5.41) is 0. The second-order valence-electron chi connectivity index (χ2n) is 8.28. The molecule has 148 valence electrons. The maximum absolute atomic E-state index is 13.5. The van der Waals surface area contributed by atoms with Gasteiger partial charge in [0.05, 0.1) is 0 Å². The van der Waals surface area contributed by atoms with Gasteiger partial charge in [-0.05, 0) is 81.4 Å². The predicted octanol–water partition coefficient (Wildman–Crippen LogP) is 6.21. The van der Waals surface area contributed by atoms with E-state index in [0.29, 0.717) is 17.4 Å². The van der Waals surface area contributed by atoms with Gasteiger partial charge in [0, 0.05) is 12.3 Å². The topological polar surface area (TPSA) is 18.5 Å². The first-order valence-corrected chi connectivity index (χ1v) is 10.1. The number of hydrogen-bond acceptors (Lipinski definition) is 2. The van der Waals surface area contributed by atoms with Crippen LogP contribution in [0.3, 0.4) is 0 Å². The molecule has 1 aromatic carbocycles. The molecule has 1 atom stereocenters. The van der Waals surface area contributed by atoms with Gasteiger partial charge in [-0.25, -0.2) is 13.2 Å². The zero-order chi connectivity index (χ0) is 19.0. The predicted molar refractivity (Wildman–Crippen MR) is 96.5 cm³/mol. The molecule has 0 amide bonds. The van der Waals surface area contributed by atoms with Gasteiger partial charge in [0.25, 0.3) is 0 Å². The fraction of sp³-hybridized carbons (Fsp3) is 0.636. The van der Waals surface area contributed by atoms with Crippen molar-refractivity contribution in [2.45, 2.75) is 76.3 Å². The lowest BCUT2D eigenvalue weighted by molar-refractivity contribution is -0.462. The van der Waals surface area contributed by atoms with E-state index in [1.807, 2.05) is 6.92 Å². The molecule has 0 radical (unpaired) electrons. The standard InChI is InChI=1S/C22H27F3O2/c1-14-26-22(27-14)11-3-2-4-18(22)10-7-15-5-8-16(9-6-15)17-12-19(23)21(25)20(24)13-17/h2,4,12-16,18H,3,5-11H2,1H3. The van der Waals surface area contributed by atoms with Crippen molar-refractivity contribution in [2.24, 2.45) is 11.8 Å². The molecule has 2 nitrogen and oxygen atoms in total. The van der Waals surface area contributed by atoms with Gasteiger partial charge in [-0.15, -0.1) is 0 Å². The van der Waals surface area contributed by atoms with Gasteiger partial charge < -0.3 is 9.47 Å². The van der Waals surface area contributed by atoms with Crippen LogP contribution in [-0.2, 0) is 9.47 Å². The lowest BCUT2D eigenvalue weighted by atomic mass is 9.75. The second kappa shape index (κ2) is 7.59. The molecule has 1 unspecified atom stereocenters. The summed E-state index contributed by atoms with van der Waals surface area (Å²) in [5.74, 6) is -2.93. The summed E-state index contributed by atoms with van der Waals surface area (Å²) < 4.78 is 52.1. The van der Waals surface area contributed by atoms with Crippen LogP contribution >= 0.6 is 0 Å². The van der Waals surface area contributed by atoms with Gasteiger partial charge in [0.2, 0.25) is 0 Å². The summed E-state index contributed by atoms with van der Waals surface area (Å²) in [6, 6.07) is 2.32. The third-order valence-corrected chi connectivity index (χ3v) is 6.53. The van der Waals surface area contributed by atoms with Gasteiger partial charge in [0.15, 0.2) is 29.5 Å². The SMILES string of the molecule is CC1OC2(CCC=CC2CCC2CCC(c3cc(F)c(F)c(F)c3)CC2)O1. The zero-order valence-electron chi connectivity index (χ0n) is 15.7. The van der Waals surface area contributed by atoms with Gasteiger partial charge in [-0.2, -0.15) is 0 Å². The number of rotatable bonds is 4. The third-order valence-electron chi connectivity index (χ3n) is 6.53. The summed E-state index contributed by atoms with van der Waals surface area (Å²) in [5.41, 5.74) is 0.587. The van der Waals surface area contributed by atoms with E-state index < -0.39 is 23.2 Å². The first kappa shape index (κ1) is 19.0. The smallest absolute Gasteiger partial charge is 0.194 e. The van der Waals surface area contributed by atoms with Crippen LogP contribution in [0.25, 0.3) is 0 Å². The van der Waals surface area contributed by atoms with E-state index in [1.54, 1.807) is 0 Å². The van der Waals surface area contributed by atoms with Crippen molar-refractivity contribution >= 4 is 0 Å². The average Bonchev–Trinajstić information content (AvgIpc) is 2.64. The Morgan fingerprint density at radius 1 is 1.00 bits per heavy atom. The Morgan fingerprint density at radius 2 is 1.67 bits per heavy atom. The highest BCUT2D eigenvalue weighted by Crippen LogP contribution is 2.46. The van der Waals surface area contributed by atoms with Crippen molar-refractivity contribution < 1.29 is 22.6 Å². The Labute approximate surface area is 158 Å². The third kappa shape index (κ3) is 3.81. The molecule has 27 heavy (non-hydrogen) atoms. The summed E-state index contributed by atoms with van der Waals surface area (Å²) in [6.07, 6.45) is 12.3. The van der Waals surface area contributed by atoms with E-state index in [4.69, 9.17) is 9.47 Å². The lowest BCUT2D eigenvalue weighted by Gasteiger charge is -2.51. The maximum Gasteiger partial charge on any atom is 0.194 e. The molecule has 3 aliphatic rings. The van der Waals surface area contributed by atoms with E-state index in [1.165, 1.54) is 0 Å². The van der Waals surface area contributed by atoms with Crippen LogP contribution in [0, 0.1) is 29.3 Å². The number of ether oxygens (including phenoxy) is 2. The van der Waals surface area contributed by atoms with Crippen molar-refractivity contribution in [1.29, 1.82) is 0 Å². The molecular formula is C22H27F3O2. The molecule has 1 spiro atoms. The number of benzene rings is 1. The molecule has 0 bridgehead atoms. The van der Waals surface area contributed by atoms with Crippen LogP contribution in [0.2, 0.25) is 0 Å². The van der Waals surface area contributed by atoms with Crippen molar-refractivity contribution in [2.75, 3.05) is 0 Å². The molecule has 2 fully saturated rings. The van der Waals surface area contributed by atoms with E-state index >= 15 is 0 Å². The minimum Gasteiger partial charge on any atom is -0.321 e. The highest BCUT2D eigenvalue weighted by molar-refractivity contribution is 5.23. The first-order valence-electron chi connectivity index (χ1n) is 10.1. The quantitative estimate of drug-likeness (QED) is 0.456. The zero-order valence-corrected chi connectivity index (χ0v) is 15.7. The second-order valence-corrected chi connectivity index (χ2v) is 8.28. The Balaban J connectivity index is 1.30. The van der Waals surface area contributed by atoms with Crippen LogP contribution in [0.15, 0.2) is 24.3 Å². The normalized spacial score (nSPS) is 36.0. The minimum atomic E-state index is -1.38.